The molecule has 0 fully saturated rings. The van der Waals surface area contributed by atoms with Crippen molar-refractivity contribution in [2.24, 2.45) is 0 Å². The number of hydrogen-bond acceptors (Lipinski definition) is 1. The number of nitrogens with one attached hydrogen (secondary N) is 1. The van der Waals surface area contributed by atoms with Crippen molar-refractivity contribution in [2.75, 3.05) is 12.4 Å². The number of hydrogen-bond donors (Lipinski definition) is 1. The molecule has 0 heterocycles. The Labute approximate surface area is 97.1 Å². The molecular weight excluding hydrogens is 194 g/mol. The summed E-state index contributed by atoms with van der Waals surface area (Å²) in [5.41, 5.74) is 6.36. The zero-order valence-corrected chi connectivity index (χ0v) is 10.0. The van der Waals surface area contributed by atoms with Crippen LogP contribution in [-0.2, 0) is 0 Å². The molecule has 0 aliphatic rings. The van der Waals surface area contributed by atoms with Crippen molar-refractivity contribution >= 4 is 5.69 Å². The van der Waals surface area contributed by atoms with E-state index in [1.807, 2.05) is 7.05 Å². The lowest BCUT2D eigenvalue weighted by Crippen LogP contribution is -1.89. The largest absolute Gasteiger partial charge is 0.388 e. The van der Waals surface area contributed by atoms with Gasteiger partial charge in [-0.3, -0.25) is 0 Å². The first-order chi connectivity index (χ1) is 7.70. The van der Waals surface area contributed by atoms with Gasteiger partial charge in [0, 0.05) is 12.7 Å². The van der Waals surface area contributed by atoms with E-state index in [9.17, 15) is 0 Å². The van der Waals surface area contributed by atoms with Crippen LogP contribution >= 0.6 is 0 Å². The van der Waals surface area contributed by atoms with Crippen molar-refractivity contribution in [3.8, 4) is 11.1 Å². The highest BCUT2D eigenvalue weighted by Gasteiger charge is 2.02. The number of rotatable bonds is 2. The maximum absolute atomic E-state index is 3.17. The van der Waals surface area contributed by atoms with Crippen LogP contribution < -0.4 is 5.32 Å². The van der Waals surface area contributed by atoms with E-state index in [2.05, 4.69) is 61.6 Å². The molecule has 0 aliphatic heterocycles. The van der Waals surface area contributed by atoms with Crippen molar-refractivity contribution in [3.63, 3.8) is 0 Å². The maximum atomic E-state index is 3.17. The van der Waals surface area contributed by atoms with Crippen LogP contribution in [0.3, 0.4) is 0 Å². The fraction of sp³-hybridized carbons (Fsp3) is 0.200. The molecule has 0 radical (unpaired) electrons. The Hall–Kier alpha value is -1.76. The Morgan fingerprint density at radius 1 is 0.938 bits per heavy atom. The fourth-order valence-corrected chi connectivity index (χ4v) is 1.89. The summed E-state index contributed by atoms with van der Waals surface area (Å²) in [4.78, 5) is 0. The van der Waals surface area contributed by atoms with E-state index in [1.165, 1.54) is 22.3 Å². The first-order valence-electron chi connectivity index (χ1n) is 5.56. The molecule has 0 bridgehead atoms. The Balaban J connectivity index is 2.53. The molecule has 0 aromatic heterocycles. The Morgan fingerprint density at radius 2 is 1.75 bits per heavy atom. The van der Waals surface area contributed by atoms with Crippen molar-refractivity contribution in [1.82, 2.24) is 0 Å². The van der Waals surface area contributed by atoms with Gasteiger partial charge in [0.1, 0.15) is 0 Å². The molecule has 0 spiro atoms. The lowest BCUT2D eigenvalue weighted by Gasteiger charge is -2.09. The minimum atomic E-state index is 1.15. The minimum absolute atomic E-state index is 1.15. The SMILES string of the molecule is CNc1cccc(-c2cc(C)ccc2C)c1. The molecule has 2 rings (SSSR count). The van der Waals surface area contributed by atoms with E-state index in [0.29, 0.717) is 0 Å². The van der Waals surface area contributed by atoms with Gasteiger partial charge in [0.15, 0.2) is 0 Å². The van der Waals surface area contributed by atoms with Gasteiger partial charge in [0.25, 0.3) is 0 Å². The standard InChI is InChI=1S/C15H17N/c1-11-7-8-12(2)15(9-11)13-5-4-6-14(10-13)16-3/h4-10,16H,1-3H3. The third-order valence-corrected chi connectivity index (χ3v) is 2.86. The monoisotopic (exact) mass is 211 g/mol. The second kappa shape index (κ2) is 4.40. The Morgan fingerprint density at radius 3 is 2.50 bits per heavy atom. The predicted octanol–water partition coefficient (Wildman–Crippen LogP) is 4.01. The van der Waals surface area contributed by atoms with Crippen molar-refractivity contribution < 1.29 is 0 Å². The fourth-order valence-electron chi connectivity index (χ4n) is 1.89. The van der Waals surface area contributed by atoms with Crippen LogP contribution in [0.5, 0.6) is 0 Å². The normalized spacial score (nSPS) is 10.2. The van der Waals surface area contributed by atoms with E-state index in [-0.39, 0.29) is 0 Å². The highest BCUT2D eigenvalue weighted by atomic mass is 14.8. The van der Waals surface area contributed by atoms with Crippen LogP contribution in [0.2, 0.25) is 0 Å². The van der Waals surface area contributed by atoms with Crippen molar-refractivity contribution in [1.29, 1.82) is 0 Å². The summed E-state index contributed by atoms with van der Waals surface area (Å²) in [6.07, 6.45) is 0. The number of aryl methyl sites for hydroxylation is 2. The van der Waals surface area contributed by atoms with Gasteiger partial charge in [-0.05, 0) is 42.7 Å². The molecule has 0 amide bonds. The predicted molar refractivity (Wildman–Crippen MR) is 70.9 cm³/mol. The maximum Gasteiger partial charge on any atom is 0.0343 e. The summed E-state index contributed by atoms with van der Waals surface area (Å²) in [6.45, 7) is 4.28. The lowest BCUT2D eigenvalue weighted by atomic mass is 9.98. The molecule has 16 heavy (non-hydrogen) atoms. The van der Waals surface area contributed by atoms with E-state index >= 15 is 0 Å². The highest BCUT2D eigenvalue weighted by Crippen LogP contribution is 2.26. The molecule has 82 valence electrons. The van der Waals surface area contributed by atoms with Gasteiger partial charge in [0.05, 0.1) is 0 Å². The van der Waals surface area contributed by atoms with Crippen LogP contribution in [0, 0.1) is 13.8 Å². The number of anilines is 1. The van der Waals surface area contributed by atoms with Crippen molar-refractivity contribution in [3.05, 3.63) is 53.6 Å². The van der Waals surface area contributed by atoms with Gasteiger partial charge >= 0.3 is 0 Å². The zero-order valence-electron chi connectivity index (χ0n) is 10.0. The first-order valence-corrected chi connectivity index (χ1v) is 5.56. The van der Waals surface area contributed by atoms with Gasteiger partial charge in [0.2, 0.25) is 0 Å². The molecular formula is C15H17N. The quantitative estimate of drug-likeness (QED) is 0.791. The molecule has 0 aliphatic carbocycles. The van der Waals surface area contributed by atoms with Crippen LogP contribution in [0.15, 0.2) is 42.5 Å². The minimum Gasteiger partial charge on any atom is -0.388 e. The highest BCUT2D eigenvalue weighted by molar-refractivity contribution is 5.71. The zero-order chi connectivity index (χ0) is 11.5. The summed E-state index contributed by atoms with van der Waals surface area (Å²) in [6, 6.07) is 15.1. The first kappa shape index (κ1) is 10.7. The molecule has 2 aromatic carbocycles. The summed E-state index contributed by atoms with van der Waals surface area (Å²) in [5.74, 6) is 0. The van der Waals surface area contributed by atoms with Crippen LogP contribution in [-0.4, -0.2) is 7.05 Å². The Bertz CT molecular complexity index is 501. The molecule has 0 atom stereocenters. The average Bonchev–Trinajstić information content (AvgIpc) is 2.32. The van der Waals surface area contributed by atoms with Gasteiger partial charge in [-0.1, -0.05) is 35.9 Å². The summed E-state index contributed by atoms with van der Waals surface area (Å²) >= 11 is 0. The van der Waals surface area contributed by atoms with Gasteiger partial charge < -0.3 is 5.32 Å². The van der Waals surface area contributed by atoms with E-state index < -0.39 is 0 Å². The lowest BCUT2D eigenvalue weighted by molar-refractivity contribution is 1.39. The third kappa shape index (κ3) is 2.08. The molecule has 0 saturated heterocycles. The topological polar surface area (TPSA) is 12.0 Å². The van der Waals surface area contributed by atoms with E-state index in [1.54, 1.807) is 0 Å². The molecule has 1 N–H and O–H groups in total. The average molecular weight is 211 g/mol. The molecule has 0 unspecified atom stereocenters. The Kier molecular flexibility index (Phi) is 2.95. The molecule has 0 saturated carbocycles. The molecule has 1 nitrogen and oxygen atoms in total. The summed E-state index contributed by atoms with van der Waals surface area (Å²) in [5, 5.41) is 3.17. The summed E-state index contributed by atoms with van der Waals surface area (Å²) < 4.78 is 0. The van der Waals surface area contributed by atoms with Crippen molar-refractivity contribution in [2.45, 2.75) is 13.8 Å². The molecule has 1 heteroatoms. The number of benzene rings is 2. The third-order valence-electron chi connectivity index (χ3n) is 2.86. The van der Waals surface area contributed by atoms with Crippen LogP contribution in [0.25, 0.3) is 11.1 Å². The van der Waals surface area contributed by atoms with Gasteiger partial charge in [-0.15, -0.1) is 0 Å². The van der Waals surface area contributed by atoms with Crippen LogP contribution in [0.4, 0.5) is 5.69 Å². The second-order valence-electron chi connectivity index (χ2n) is 4.15. The summed E-state index contributed by atoms with van der Waals surface area (Å²) in [7, 11) is 1.95. The van der Waals surface area contributed by atoms with E-state index in [0.717, 1.165) is 5.69 Å². The van der Waals surface area contributed by atoms with E-state index in [4.69, 9.17) is 0 Å². The molecule has 2 aromatic rings. The smallest absolute Gasteiger partial charge is 0.0343 e. The van der Waals surface area contributed by atoms with Gasteiger partial charge in [-0.2, -0.15) is 0 Å². The second-order valence-corrected chi connectivity index (χ2v) is 4.15. The van der Waals surface area contributed by atoms with Crippen LogP contribution in [0.1, 0.15) is 11.1 Å². The van der Waals surface area contributed by atoms with Gasteiger partial charge in [-0.25, -0.2) is 0 Å².